The van der Waals surface area contributed by atoms with Crippen LogP contribution in [0.3, 0.4) is 0 Å². The van der Waals surface area contributed by atoms with E-state index in [1.165, 1.54) is 44.1 Å². The molecule has 1 aromatic rings. The lowest BCUT2D eigenvalue weighted by Gasteiger charge is -2.57. The summed E-state index contributed by atoms with van der Waals surface area (Å²) in [5, 5.41) is 0.387. The molecular weight excluding hydrogens is 420 g/mol. The molecule has 0 aromatic carbocycles. The van der Waals surface area contributed by atoms with E-state index in [-0.39, 0.29) is 0 Å². The molecule has 32 heavy (non-hydrogen) atoms. The van der Waals surface area contributed by atoms with Crippen molar-refractivity contribution in [3.05, 3.63) is 16.5 Å². The van der Waals surface area contributed by atoms with Crippen molar-refractivity contribution in [2.75, 3.05) is 31.6 Å². The molecule has 5 nitrogen and oxygen atoms in total. The molecule has 1 amide bonds. The molecule has 0 N–H and O–H groups in total. The third-order valence-electron chi connectivity index (χ3n) is 9.45. The summed E-state index contributed by atoms with van der Waals surface area (Å²) in [5.74, 6) is 4.81. The van der Waals surface area contributed by atoms with Gasteiger partial charge in [0.2, 0.25) is 11.2 Å². The zero-order valence-corrected chi connectivity index (χ0v) is 20.2. The van der Waals surface area contributed by atoms with E-state index in [2.05, 4.69) is 19.8 Å². The van der Waals surface area contributed by atoms with E-state index in [9.17, 15) is 4.79 Å². The summed E-state index contributed by atoms with van der Waals surface area (Å²) >= 11 is 6.22. The van der Waals surface area contributed by atoms with Crippen LogP contribution >= 0.6 is 11.6 Å². The van der Waals surface area contributed by atoms with Crippen molar-refractivity contribution in [3.8, 4) is 0 Å². The number of hydrogen-bond acceptors (Lipinski definition) is 4. The van der Waals surface area contributed by atoms with Crippen molar-refractivity contribution >= 4 is 23.3 Å². The number of amides is 1. The van der Waals surface area contributed by atoms with Gasteiger partial charge < -0.3 is 9.80 Å². The van der Waals surface area contributed by atoms with Crippen LogP contribution in [-0.2, 0) is 17.6 Å². The van der Waals surface area contributed by atoms with E-state index in [0.717, 1.165) is 87.4 Å². The first kappa shape index (κ1) is 21.2. The molecule has 0 radical (unpaired) electrons. The van der Waals surface area contributed by atoms with E-state index in [0.29, 0.717) is 22.5 Å². The SMILES string of the molecule is CN(CC1CCN(c2nc(Cl)nc3c2CCC3)CC1)C(=O)CC12CC3CC(CC(C3)C1)C2. The van der Waals surface area contributed by atoms with Crippen LogP contribution in [0.15, 0.2) is 0 Å². The first-order valence-corrected chi connectivity index (χ1v) is 13.4. The van der Waals surface area contributed by atoms with Crippen molar-refractivity contribution in [1.82, 2.24) is 14.9 Å². The summed E-state index contributed by atoms with van der Waals surface area (Å²) in [6, 6.07) is 0. The van der Waals surface area contributed by atoms with Crippen LogP contribution in [0.1, 0.15) is 75.5 Å². The van der Waals surface area contributed by atoms with Gasteiger partial charge in [0.15, 0.2) is 0 Å². The molecular formula is C26H37ClN4O. The Morgan fingerprint density at radius 1 is 1.06 bits per heavy atom. The van der Waals surface area contributed by atoms with E-state index >= 15 is 0 Å². The molecule has 4 saturated carbocycles. The Labute approximate surface area is 197 Å². The predicted molar refractivity (Wildman–Crippen MR) is 127 cm³/mol. The first-order chi connectivity index (χ1) is 15.5. The van der Waals surface area contributed by atoms with Crippen LogP contribution in [0.25, 0.3) is 0 Å². The number of rotatable bonds is 5. The average Bonchev–Trinajstić information content (AvgIpc) is 3.21. The lowest BCUT2D eigenvalue weighted by molar-refractivity contribution is -0.138. The molecule has 6 heteroatoms. The largest absolute Gasteiger partial charge is 0.356 e. The molecule has 5 fully saturated rings. The Kier molecular flexibility index (Phi) is 5.39. The minimum Gasteiger partial charge on any atom is -0.356 e. The highest BCUT2D eigenvalue weighted by Gasteiger charge is 2.51. The topological polar surface area (TPSA) is 49.3 Å². The highest BCUT2D eigenvalue weighted by Crippen LogP contribution is 2.61. The number of anilines is 1. The summed E-state index contributed by atoms with van der Waals surface area (Å²) in [4.78, 5) is 26.8. The summed E-state index contributed by atoms with van der Waals surface area (Å²) < 4.78 is 0. The van der Waals surface area contributed by atoms with Crippen molar-refractivity contribution in [1.29, 1.82) is 0 Å². The normalized spacial score (nSPS) is 33.6. The lowest BCUT2D eigenvalue weighted by atomic mass is 9.49. The molecule has 1 saturated heterocycles. The van der Waals surface area contributed by atoms with Crippen LogP contribution in [0.4, 0.5) is 5.82 Å². The number of carbonyl (C=O) groups excluding carboxylic acids is 1. The lowest BCUT2D eigenvalue weighted by Crippen LogP contribution is -2.48. The molecule has 6 aliphatic rings. The van der Waals surface area contributed by atoms with Crippen molar-refractivity contribution in [2.45, 2.75) is 77.0 Å². The van der Waals surface area contributed by atoms with Gasteiger partial charge in [0.25, 0.3) is 0 Å². The highest BCUT2D eigenvalue weighted by molar-refractivity contribution is 6.28. The fourth-order valence-electron chi connectivity index (χ4n) is 8.42. The smallest absolute Gasteiger partial charge is 0.224 e. The number of fused-ring (bicyclic) bond motifs is 1. The summed E-state index contributed by atoms with van der Waals surface area (Å²) in [7, 11) is 2.05. The summed E-state index contributed by atoms with van der Waals surface area (Å²) in [6.07, 6.45) is 14.6. The highest BCUT2D eigenvalue weighted by atomic mass is 35.5. The molecule has 174 valence electrons. The number of nitrogens with zero attached hydrogens (tertiary/aromatic N) is 4. The second kappa shape index (κ2) is 8.14. The maximum Gasteiger partial charge on any atom is 0.224 e. The van der Waals surface area contributed by atoms with Crippen molar-refractivity contribution in [2.24, 2.45) is 29.1 Å². The second-order valence-corrected chi connectivity index (χ2v) is 12.2. The number of carbonyl (C=O) groups is 1. The Bertz CT molecular complexity index is 859. The van der Waals surface area contributed by atoms with Gasteiger partial charge in [0.05, 0.1) is 5.69 Å². The van der Waals surface area contributed by atoms with Crippen LogP contribution in [0.2, 0.25) is 5.28 Å². The van der Waals surface area contributed by atoms with Crippen molar-refractivity contribution in [3.63, 3.8) is 0 Å². The van der Waals surface area contributed by atoms with Gasteiger partial charge in [-0.05, 0) is 111 Å². The van der Waals surface area contributed by atoms with Gasteiger partial charge in [-0.1, -0.05) is 0 Å². The third-order valence-corrected chi connectivity index (χ3v) is 9.62. The van der Waals surface area contributed by atoms with Crippen LogP contribution in [0.5, 0.6) is 0 Å². The molecule has 0 spiro atoms. The summed E-state index contributed by atoms with van der Waals surface area (Å²) in [6.45, 7) is 2.91. The molecule has 0 atom stereocenters. The number of halogens is 1. The third kappa shape index (κ3) is 3.93. The zero-order chi connectivity index (χ0) is 21.9. The summed E-state index contributed by atoms with van der Waals surface area (Å²) in [5.41, 5.74) is 2.81. The van der Waals surface area contributed by atoms with Crippen LogP contribution in [0, 0.1) is 29.1 Å². The number of aryl methyl sites for hydroxylation is 1. The fourth-order valence-corrected chi connectivity index (χ4v) is 8.61. The maximum absolute atomic E-state index is 13.2. The van der Waals surface area contributed by atoms with Crippen molar-refractivity contribution < 1.29 is 4.79 Å². The number of aromatic nitrogens is 2. The van der Waals surface area contributed by atoms with E-state index < -0.39 is 0 Å². The minimum atomic E-state index is 0.343. The molecule has 7 rings (SSSR count). The molecule has 5 aliphatic carbocycles. The van der Waals surface area contributed by atoms with Gasteiger partial charge in [0, 0.05) is 38.7 Å². The minimum absolute atomic E-state index is 0.343. The van der Waals surface area contributed by atoms with Gasteiger partial charge in [-0.3, -0.25) is 4.79 Å². The van der Waals surface area contributed by atoms with E-state index in [1.54, 1.807) is 0 Å². The Hall–Kier alpha value is -1.36. The van der Waals surface area contributed by atoms with Gasteiger partial charge >= 0.3 is 0 Å². The van der Waals surface area contributed by atoms with Gasteiger partial charge in [-0.15, -0.1) is 0 Å². The molecule has 2 heterocycles. The maximum atomic E-state index is 13.2. The average molecular weight is 457 g/mol. The zero-order valence-electron chi connectivity index (χ0n) is 19.5. The van der Waals surface area contributed by atoms with Gasteiger partial charge in [0.1, 0.15) is 5.82 Å². The Morgan fingerprint density at radius 3 is 2.38 bits per heavy atom. The molecule has 1 aliphatic heterocycles. The monoisotopic (exact) mass is 456 g/mol. The molecule has 0 unspecified atom stereocenters. The first-order valence-electron chi connectivity index (χ1n) is 13.0. The van der Waals surface area contributed by atoms with Crippen LogP contribution < -0.4 is 4.90 Å². The molecule has 4 bridgehead atoms. The van der Waals surface area contributed by atoms with Crippen LogP contribution in [-0.4, -0.2) is 47.5 Å². The quantitative estimate of drug-likeness (QED) is 0.591. The Morgan fingerprint density at radius 2 is 1.72 bits per heavy atom. The number of piperidine rings is 1. The van der Waals surface area contributed by atoms with E-state index in [4.69, 9.17) is 11.6 Å². The predicted octanol–water partition coefficient (Wildman–Crippen LogP) is 4.90. The van der Waals surface area contributed by atoms with E-state index in [1.807, 2.05) is 7.05 Å². The number of hydrogen-bond donors (Lipinski definition) is 0. The standard InChI is InChI=1S/C26H37ClN4O/c1-30(23(32)15-26-12-18-9-19(13-26)11-20(10-18)14-26)16-17-5-7-31(8-6-17)24-21-3-2-4-22(21)28-25(27)29-24/h17-20H,2-16H2,1H3. The fraction of sp³-hybridized carbons (Fsp3) is 0.808. The van der Waals surface area contributed by atoms with Gasteiger partial charge in [-0.25, -0.2) is 9.97 Å². The Balaban J connectivity index is 1.04. The van der Waals surface area contributed by atoms with Gasteiger partial charge in [-0.2, -0.15) is 0 Å². The molecule has 1 aromatic heterocycles. The second-order valence-electron chi connectivity index (χ2n) is 11.9.